The Hall–Kier alpha value is -2.65. The average molecular weight is 405 g/mol. The maximum absolute atomic E-state index is 12.2. The van der Waals surface area contributed by atoms with Gasteiger partial charge in [-0.25, -0.2) is 4.79 Å². The molecule has 0 fully saturated rings. The van der Waals surface area contributed by atoms with E-state index in [1.165, 1.54) is 0 Å². The Morgan fingerprint density at radius 2 is 2.15 bits per heavy atom. The van der Waals surface area contributed by atoms with Crippen LogP contribution < -0.4 is 5.63 Å². The summed E-state index contributed by atoms with van der Waals surface area (Å²) in [6.45, 7) is 3.79. The van der Waals surface area contributed by atoms with Gasteiger partial charge in [-0.3, -0.25) is 14.9 Å². The fourth-order valence-corrected chi connectivity index (χ4v) is 4.70. The molecule has 27 heavy (non-hydrogen) atoms. The molecular weight excluding hydrogens is 390 g/mol. The summed E-state index contributed by atoms with van der Waals surface area (Å²) < 4.78 is 10.5. The molecule has 0 N–H and O–H groups in total. The topological polar surface area (TPSA) is 99.7 Å². The lowest BCUT2D eigenvalue weighted by molar-refractivity contribution is -0.387. The van der Waals surface area contributed by atoms with Gasteiger partial charge in [-0.1, -0.05) is 23.4 Å². The molecule has 9 heteroatoms. The standard InChI is InChI=1S/C18H15NO6S2/c1-3-24-15(20)8-12-9-26-18(16(12)19(22)23)27-14-7-11-6-10(2)4-5-13(11)25-17(14)21/h4-7,9H,3,8H2,1-2H3. The predicted octanol–water partition coefficient (Wildman–Crippen LogP) is 4.33. The van der Waals surface area contributed by atoms with Crippen molar-refractivity contribution in [2.45, 2.75) is 29.4 Å². The molecule has 1 aromatic carbocycles. The van der Waals surface area contributed by atoms with E-state index in [1.807, 2.05) is 19.1 Å². The molecule has 2 aromatic heterocycles. The van der Waals surface area contributed by atoms with Crippen LogP contribution in [0.4, 0.5) is 5.69 Å². The van der Waals surface area contributed by atoms with Crippen LogP contribution in [-0.4, -0.2) is 17.5 Å². The first-order chi connectivity index (χ1) is 12.9. The largest absolute Gasteiger partial charge is 0.466 e. The van der Waals surface area contributed by atoms with Crippen molar-refractivity contribution in [1.29, 1.82) is 0 Å². The summed E-state index contributed by atoms with van der Waals surface area (Å²) in [7, 11) is 0. The van der Waals surface area contributed by atoms with Crippen LogP contribution in [0.1, 0.15) is 18.1 Å². The Kier molecular flexibility index (Phi) is 5.62. The van der Waals surface area contributed by atoms with Crippen LogP contribution >= 0.6 is 23.1 Å². The monoisotopic (exact) mass is 405 g/mol. The number of hydrogen-bond donors (Lipinski definition) is 0. The third-order valence-electron chi connectivity index (χ3n) is 3.69. The maximum Gasteiger partial charge on any atom is 0.350 e. The van der Waals surface area contributed by atoms with E-state index in [1.54, 1.807) is 24.4 Å². The van der Waals surface area contributed by atoms with Gasteiger partial charge < -0.3 is 9.15 Å². The fourth-order valence-electron chi connectivity index (χ4n) is 2.52. The summed E-state index contributed by atoms with van der Waals surface area (Å²) in [5, 5.41) is 13.8. The van der Waals surface area contributed by atoms with Gasteiger partial charge in [-0.2, -0.15) is 0 Å². The van der Waals surface area contributed by atoms with Crippen molar-refractivity contribution in [3.05, 3.63) is 61.3 Å². The van der Waals surface area contributed by atoms with Crippen molar-refractivity contribution in [3.8, 4) is 0 Å². The molecule has 3 rings (SSSR count). The Balaban J connectivity index is 1.98. The third kappa shape index (κ3) is 4.20. The van der Waals surface area contributed by atoms with Gasteiger partial charge >= 0.3 is 11.6 Å². The number of aryl methyl sites for hydroxylation is 1. The van der Waals surface area contributed by atoms with Crippen molar-refractivity contribution in [1.82, 2.24) is 0 Å². The molecule has 0 amide bonds. The fraction of sp³-hybridized carbons (Fsp3) is 0.222. The number of thiophene rings is 1. The van der Waals surface area contributed by atoms with Gasteiger partial charge in [0.15, 0.2) is 0 Å². The molecule has 0 aliphatic rings. The van der Waals surface area contributed by atoms with Crippen LogP contribution in [0, 0.1) is 17.0 Å². The Labute approximate surface area is 162 Å². The van der Waals surface area contributed by atoms with Crippen molar-refractivity contribution in [2.24, 2.45) is 0 Å². The van der Waals surface area contributed by atoms with E-state index in [0.717, 1.165) is 34.0 Å². The van der Waals surface area contributed by atoms with Crippen molar-refractivity contribution >= 4 is 45.7 Å². The highest BCUT2D eigenvalue weighted by Crippen LogP contribution is 2.41. The van der Waals surface area contributed by atoms with Crippen LogP contribution in [0.25, 0.3) is 11.0 Å². The minimum absolute atomic E-state index is 0.179. The molecule has 0 saturated carbocycles. The van der Waals surface area contributed by atoms with Gasteiger partial charge in [-0.15, -0.1) is 11.3 Å². The van der Waals surface area contributed by atoms with E-state index >= 15 is 0 Å². The lowest BCUT2D eigenvalue weighted by Crippen LogP contribution is -2.08. The highest BCUT2D eigenvalue weighted by atomic mass is 32.2. The van der Waals surface area contributed by atoms with Crippen LogP contribution in [0.15, 0.2) is 48.0 Å². The molecule has 0 saturated heterocycles. The molecule has 0 spiro atoms. The molecule has 7 nitrogen and oxygen atoms in total. The number of nitro groups is 1. The number of hydrogen-bond acceptors (Lipinski definition) is 8. The number of fused-ring (bicyclic) bond motifs is 1. The lowest BCUT2D eigenvalue weighted by atomic mass is 10.2. The van der Waals surface area contributed by atoms with E-state index in [2.05, 4.69) is 0 Å². The van der Waals surface area contributed by atoms with Gasteiger partial charge in [0.25, 0.3) is 5.69 Å². The van der Waals surface area contributed by atoms with E-state index in [0.29, 0.717) is 9.79 Å². The quantitative estimate of drug-likeness (QED) is 0.260. The molecule has 0 bridgehead atoms. The summed E-state index contributed by atoms with van der Waals surface area (Å²) in [5.41, 5.74) is 0.990. The number of esters is 1. The van der Waals surface area contributed by atoms with Gasteiger partial charge in [0.05, 0.1) is 28.4 Å². The summed E-state index contributed by atoms with van der Waals surface area (Å²) in [5.74, 6) is -0.532. The van der Waals surface area contributed by atoms with E-state index in [-0.39, 0.29) is 29.2 Å². The second kappa shape index (κ2) is 7.93. The Morgan fingerprint density at radius 1 is 1.37 bits per heavy atom. The first-order valence-corrected chi connectivity index (χ1v) is 9.71. The zero-order valence-electron chi connectivity index (χ0n) is 14.5. The molecule has 2 heterocycles. The molecule has 140 valence electrons. The summed E-state index contributed by atoms with van der Waals surface area (Å²) >= 11 is 2.08. The van der Waals surface area contributed by atoms with E-state index in [9.17, 15) is 19.7 Å². The predicted molar refractivity (Wildman–Crippen MR) is 103 cm³/mol. The Bertz CT molecular complexity index is 1090. The molecule has 0 unspecified atom stereocenters. The third-order valence-corrected chi connectivity index (χ3v) is 5.92. The zero-order chi connectivity index (χ0) is 19.6. The minimum atomic E-state index is -0.564. The van der Waals surface area contributed by atoms with Gasteiger partial charge in [0.2, 0.25) is 0 Å². The number of nitrogens with zero attached hydrogens (tertiary/aromatic N) is 1. The maximum atomic E-state index is 12.2. The second-order valence-electron chi connectivity index (χ2n) is 5.68. The summed E-state index contributed by atoms with van der Waals surface area (Å²) in [4.78, 5) is 35.2. The second-order valence-corrected chi connectivity index (χ2v) is 7.87. The average Bonchev–Trinajstić information content (AvgIpc) is 2.98. The molecular formula is C18H15NO6S2. The zero-order valence-corrected chi connectivity index (χ0v) is 16.1. The molecule has 0 aliphatic heterocycles. The van der Waals surface area contributed by atoms with Gasteiger partial charge in [0, 0.05) is 10.8 Å². The highest BCUT2D eigenvalue weighted by Gasteiger charge is 2.26. The van der Waals surface area contributed by atoms with Crippen LogP contribution in [0.5, 0.6) is 0 Å². The first-order valence-electron chi connectivity index (χ1n) is 8.01. The molecule has 0 radical (unpaired) electrons. The van der Waals surface area contributed by atoms with E-state index < -0.39 is 16.5 Å². The van der Waals surface area contributed by atoms with Crippen LogP contribution in [0.3, 0.4) is 0 Å². The normalized spacial score (nSPS) is 10.9. The molecule has 0 atom stereocenters. The van der Waals surface area contributed by atoms with Gasteiger partial charge in [-0.05, 0) is 32.0 Å². The lowest BCUT2D eigenvalue weighted by Gasteiger charge is -2.03. The number of carbonyl (C=O) groups excluding carboxylic acids is 1. The summed E-state index contributed by atoms with van der Waals surface area (Å²) in [6, 6.07) is 7.08. The van der Waals surface area contributed by atoms with Crippen LogP contribution in [0.2, 0.25) is 0 Å². The van der Waals surface area contributed by atoms with Crippen molar-refractivity contribution in [2.75, 3.05) is 6.61 Å². The smallest absolute Gasteiger partial charge is 0.350 e. The van der Waals surface area contributed by atoms with Gasteiger partial charge in [0.1, 0.15) is 9.79 Å². The van der Waals surface area contributed by atoms with Crippen molar-refractivity contribution < 1.29 is 18.9 Å². The Morgan fingerprint density at radius 3 is 2.85 bits per heavy atom. The minimum Gasteiger partial charge on any atom is -0.466 e. The highest BCUT2D eigenvalue weighted by molar-refractivity contribution is 8.01. The SMILES string of the molecule is CCOC(=O)Cc1csc(Sc2cc3cc(C)ccc3oc2=O)c1[N+](=O)[O-]. The number of benzene rings is 1. The van der Waals surface area contributed by atoms with Crippen molar-refractivity contribution in [3.63, 3.8) is 0 Å². The number of carbonyl (C=O) groups is 1. The van der Waals surface area contributed by atoms with Crippen LogP contribution in [-0.2, 0) is 16.0 Å². The first kappa shape index (κ1) is 19.1. The molecule has 3 aromatic rings. The number of rotatable bonds is 6. The number of ether oxygens (including phenoxy) is 1. The molecule has 0 aliphatic carbocycles. The van der Waals surface area contributed by atoms with E-state index in [4.69, 9.17) is 9.15 Å². The summed E-state index contributed by atoms with van der Waals surface area (Å²) in [6.07, 6.45) is -0.188.